The van der Waals surface area contributed by atoms with Gasteiger partial charge in [0.25, 0.3) is 5.56 Å². The van der Waals surface area contributed by atoms with Gasteiger partial charge in [0.1, 0.15) is 5.82 Å². The van der Waals surface area contributed by atoms with Crippen molar-refractivity contribution in [3.8, 4) is 11.4 Å². The minimum atomic E-state index is -0.0848. The number of nitrogens with zero attached hydrogens (tertiary/aromatic N) is 3. The van der Waals surface area contributed by atoms with Gasteiger partial charge in [0, 0.05) is 24.5 Å². The van der Waals surface area contributed by atoms with Crippen molar-refractivity contribution in [1.29, 1.82) is 0 Å². The molecule has 90 valence electrons. The van der Waals surface area contributed by atoms with Gasteiger partial charge < -0.3 is 4.98 Å². The highest BCUT2D eigenvalue weighted by Gasteiger charge is 2.12. The van der Waals surface area contributed by atoms with Crippen LogP contribution >= 0.6 is 0 Å². The van der Waals surface area contributed by atoms with Crippen molar-refractivity contribution >= 4 is 0 Å². The Bertz CT molecular complexity index is 609. The van der Waals surface area contributed by atoms with Gasteiger partial charge in [-0.3, -0.25) is 9.48 Å². The van der Waals surface area contributed by atoms with Gasteiger partial charge in [0.05, 0.1) is 11.3 Å². The topological polar surface area (TPSA) is 63.6 Å². The Labute approximate surface area is 99.5 Å². The van der Waals surface area contributed by atoms with Crippen LogP contribution < -0.4 is 5.56 Å². The van der Waals surface area contributed by atoms with Crippen LogP contribution in [0.4, 0.5) is 0 Å². The van der Waals surface area contributed by atoms with Crippen LogP contribution in [0.1, 0.15) is 23.9 Å². The van der Waals surface area contributed by atoms with Crippen molar-refractivity contribution in [1.82, 2.24) is 19.7 Å². The van der Waals surface area contributed by atoms with Crippen LogP contribution in [0.2, 0.25) is 0 Å². The third-order valence-electron chi connectivity index (χ3n) is 2.89. The summed E-state index contributed by atoms with van der Waals surface area (Å²) in [7, 11) is 1.86. The molecule has 0 aliphatic carbocycles. The number of hydrogen-bond acceptors (Lipinski definition) is 3. The van der Waals surface area contributed by atoms with Crippen LogP contribution in [0.25, 0.3) is 11.4 Å². The molecule has 0 unspecified atom stereocenters. The van der Waals surface area contributed by atoms with E-state index in [1.807, 2.05) is 27.1 Å². The molecule has 0 fully saturated rings. The highest BCUT2D eigenvalue weighted by molar-refractivity contribution is 5.57. The van der Waals surface area contributed by atoms with Gasteiger partial charge >= 0.3 is 0 Å². The molecule has 2 aromatic heterocycles. The van der Waals surface area contributed by atoms with Crippen LogP contribution in [0.15, 0.2) is 11.0 Å². The lowest BCUT2D eigenvalue weighted by molar-refractivity contribution is 0.746. The molecule has 0 bridgehead atoms. The van der Waals surface area contributed by atoms with Crippen molar-refractivity contribution in [2.75, 3.05) is 0 Å². The molecular formula is C12H16N4O. The number of rotatable bonds is 2. The van der Waals surface area contributed by atoms with Crippen molar-refractivity contribution in [2.24, 2.45) is 7.05 Å². The minimum absolute atomic E-state index is 0.0848. The first-order valence-corrected chi connectivity index (χ1v) is 5.63. The smallest absolute Gasteiger partial charge is 0.254 e. The van der Waals surface area contributed by atoms with E-state index in [9.17, 15) is 4.79 Å². The molecule has 0 aliphatic heterocycles. The molecule has 0 saturated carbocycles. The van der Waals surface area contributed by atoms with Gasteiger partial charge in [-0.05, 0) is 20.3 Å². The predicted octanol–water partition coefficient (Wildman–Crippen LogP) is 1.35. The minimum Gasteiger partial charge on any atom is -0.306 e. The van der Waals surface area contributed by atoms with Crippen LogP contribution in [-0.2, 0) is 13.5 Å². The molecule has 0 radical (unpaired) electrons. The Morgan fingerprint density at radius 2 is 2.12 bits per heavy atom. The summed E-state index contributed by atoms with van der Waals surface area (Å²) in [5, 5.41) is 4.34. The maximum Gasteiger partial charge on any atom is 0.254 e. The Morgan fingerprint density at radius 1 is 1.41 bits per heavy atom. The summed E-state index contributed by atoms with van der Waals surface area (Å²) < 4.78 is 1.74. The van der Waals surface area contributed by atoms with Gasteiger partial charge in [-0.25, -0.2) is 4.98 Å². The third kappa shape index (κ3) is 2.00. The fourth-order valence-electron chi connectivity index (χ4n) is 1.77. The Morgan fingerprint density at radius 3 is 2.71 bits per heavy atom. The van der Waals surface area contributed by atoms with Gasteiger partial charge in [-0.2, -0.15) is 5.10 Å². The molecule has 0 spiro atoms. The van der Waals surface area contributed by atoms with Gasteiger partial charge in [0.2, 0.25) is 0 Å². The van der Waals surface area contributed by atoms with Crippen molar-refractivity contribution in [3.63, 3.8) is 0 Å². The van der Waals surface area contributed by atoms with Gasteiger partial charge in [-0.15, -0.1) is 0 Å². The van der Waals surface area contributed by atoms with Crippen LogP contribution in [0, 0.1) is 13.8 Å². The molecule has 2 rings (SSSR count). The summed E-state index contributed by atoms with van der Waals surface area (Å²) in [6, 6.07) is 0. The number of H-pyrrole nitrogens is 1. The first kappa shape index (κ1) is 11.6. The third-order valence-corrected chi connectivity index (χ3v) is 2.89. The summed E-state index contributed by atoms with van der Waals surface area (Å²) in [5.74, 6) is 0.600. The summed E-state index contributed by atoms with van der Waals surface area (Å²) in [6.07, 6.45) is 2.69. The first-order valence-electron chi connectivity index (χ1n) is 5.63. The van der Waals surface area contributed by atoms with E-state index in [0.29, 0.717) is 11.4 Å². The number of aromatic amines is 1. The summed E-state index contributed by atoms with van der Waals surface area (Å²) in [6.45, 7) is 5.65. The SMILES string of the molecule is CCc1nn(C)cc1-c1nc(C)c(C)c(=O)[nH]1. The second kappa shape index (κ2) is 4.16. The molecule has 0 aliphatic rings. The maximum atomic E-state index is 11.7. The molecule has 5 heteroatoms. The van der Waals surface area contributed by atoms with Crippen molar-refractivity contribution in [2.45, 2.75) is 27.2 Å². The van der Waals surface area contributed by atoms with E-state index in [1.54, 1.807) is 11.6 Å². The molecule has 0 saturated heterocycles. The zero-order chi connectivity index (χ0) is 12.6. The fourth-order valence-corrected chi connectivity index (χ4v) is 1.77. The molecule has 2 aromatic rings. The van der Waals surface area contributed by atoms with Crippen LogP contribution in [0.3, 0.4) is 0 Å². The highest BCUT2D eigenvalue weighted by atomic mass is 16.1. The number of aromatic nitrogens is 4. The molecular weight excluding hydrogens is 216 g/mol. The second-order valence-electron chi connectivity index (χ2n) is 4.14. The Hall–Kier alpha value is -1.91. The normalized spacial score (nSPS) is 10.8. The summed E-state index contributed by atoms with van der Waals surface area (Å²) in [5.41, 5.74) is 3.18. The predicted molar refractivity (Wildman–Crippen MR) is 65.9 cm³/mol. The lowest BCUT2D eigenvalue weighted by Gasteiger charge is -2.03. The Kier molecular flexibility index (Phi) is 2.83. The van der Waals surface area contributed by atoms with Gasteiger partial charge in [0.15, 0.2) is 0 Å². The fraction of sp³-hybridized carbons (Fsp3) is 0.417. The molecule has 5 nitrogen and oxygen atoms in total. The average molecular weight is 232 g/mol. The Balaban J connectivity index is 2.64. The van der Waals surface area contributed by atoms with E-state index >= 15 is 0 Å². The number of nitrogens with one attached hydrogen (secondary N) is 1. The van der Waals surface area contributed by atoms with E-state index in [1.165, 1.54) is 0 Å². The molecule has 0 atom stereocenters. The zero-order valence-electron chi connectivity index (χ0n) is 10.5. The van der Waals surface area contributed by atoms with Crippen molar-refractivity contribution < 1.29 is 0 Å². The maximum absolute atomic E-state index is 11.7. The van der Waals surface area contributed by atoms with E-state index in [-0.39, 0.29) is 5.56 Å². The monoisotopic (exact) mass is 232 g/mol. The van der Waals surface area contributed by atoms with Crippen molar-refractivity contribution in [3.05, 3.63) is 33.5 Å². The quantitative estimate of drug-likeness (QED) is 0.850. The van der Waals surface area contributed by atoms with E-state index < -0.39 is 0 Å². The molecule has 0 aromatic carbocycles. The number of hydrogen-bond donors (Lipinski definition) is 1. The van der Waals surface area contributed by atoms with E-state index in [0.717, 1.165) is 23.4 Å². The summed E-state index contributed by atoms with van der Waals surface area (Å²) in [4.78, 5) is 18.9. The summed E-state index contributed by atoms with van der Waals surface area (Å²) >= 11 is 0. The molecule has 0 amide bonds. The lowest BCUT2D eigenvalue weighted by atomic mass is 10.2. The average Bonchev–Trinajstić information content (AvgIpc) is 2.66. The second-order valence-corrected chi connectivity index (χ2v) is 4.14. The van der Waals surface area contributed by atoms with E-state index in [2.05, 4.69) is 15.1 Å². The molecule has 17 heavy (non-hydrogen) atoms. The highest BCUT2D eigenvalue weighted by Crippen LogP contribution is 2.18. The largest absolute Gasteiger partial charge is 0.306 e. The zero-order valence-corrected chi connectivity index (χ0v) is 10.5. The lowest BCUT2D eigenvalue weighted by Crippen LogP contribution is -2.14. The molecule has 2 heterocycles. The first-order chi connectivity index (χ1) is 8.02. The standard InChI is InChI=1S/C12H16N4O/c1-5-10-9(6-16(4)15-10)11-13-8(3)7(2)12(17)14-11/h6H,5H2,1-4H3,(H,13,14,17). The number of aryl methyl sites for hydroxylation is 3. The van der Waals surface area contributed by atoms with Crippen LogP contribution in [-0.4, -0.2) is 19.7 Å². The van der Waals surface area contributed by atoms with E-state index in [4.69, 9.17) is 0 Å². The van der Waals surface area contributed by atoms with Crippen LogP contribution in [0.5, 0.6) is 0 Å². The molecule has 1 N–H and O–H groups in total. The van der Waals surface area contributed by atoms with Gasteiger partial charge in [-0.1, -0.05) is 6.92 Å².